The van der Waals surface area contributed by atoms with Gasteiger partial charge in [-0.3, -0.25) is 0 Å². The number of sulfonamides is 1. The smallest absolute Gasteiger partial charge is 0.326 e. The minimum absolute atomic E-state index is 0.238. The van der Waals surface area contributed by atoms with E-state index in [4.69, 9.17) is 5.11 Å². The van der Waals surface area contributed by atoms with Gasteiger partial charge in [-0.15, -0.1) is 0 Å². The average Bonchev–Trinajstić information content (AvgIpc) is 2.75. The molecule has 1 atom stereocenters. The number of carbonyl (C=O) groups is 2. The summed E-state index contributed by atoms with van der Waals surface area (Å²) >= 11 is 0. The molecule has 19 heavy (non-hydrogen) atoms. The number of hydrogen-bond donors (Lipinski definition) is 3. The van der Waals surface area contributed by atoms with E-state index in [2.05, 4.69) is 10.0 Å². The van der Waals surface area contributed by atoms with Crippen molar-refractivity contribution in [2.75, 3.05) is 25.9 Å². The fraction of sp³-hybridized carbons (Fsp3) is 0.800. The third-order valence-corrected chi connectivity index (χ3v) is 3.52. The zero-order valence-electron chi connectivity index (χ0n) is 10.8. The molecular weight excluding hydrogens is 274 g/mol. The highest BCUT2D eigenvalue weighted by atomic mass is 32.2. The normalized spacial score (nSPS) is 19.4. The third kappa shape index (κ3) is 5.43. The van der Waals surface area contributed by atoms with Gasteiger partial charge >= 0.3 is 12.0 Å². The van der Waals surface area contributed by atoms with E-state index in [1.54, 1.807) is 0 Å². The molecule has 1 saturated heterocycles. The zero-order chi connectivity index (χ0) is 14.5. The van der Waals surface area contributed by atoms with Gasteiger partial charge in [0.1, 0.15) is 6.04 Å². The molecule has 2 amide bonds. The summed E-state index contributed by atoms with van der Waals surface area (Å²) in [6, 6.07) is -1.17. The van der Waals surface area contributed by atoms with Crippen LogP contribution in [-0.2, 0) is 14.8 Å². The van der Waals surface area contributed by atoms with Gasteiger partial charge in [-0.25, -0.2) is 22.7 Å². The number of carboxylic acid groups (broad SMARTS) is 1. The molecule has 3 N–H and O–H groups in total. The molecule has 0 saturated carbocycles. The van der Waals surface area contributed by atoms with Crippen molar-refractivity contribution in [3.05, 3.63) is 0 Å². The molecule has 0 aromatic heterocycles. The Kier molecular flexibility index (Phi) is 5.55. The van der Waals surface area contributed by atoms with Gasteiger partial charge in [-0.2, -0.15) is 0 Å². The lowest BCUT2D eigenvalue weighted by Gasteiger charge is -2.21. The number of likely N-dealkylation sites (tertiary alicyclic amines) is 1. The lowest BCUT2D eigenvalue weighted by Crippen LogP contribution is -2.46. The van der Waals surface area contributed by atoms with Crippen molar-refractivity contribution in [2.45, 2.75) is 25.3 Å². The fourth-order valence-electron chi connectivity index (χ4n) is 1.91. The molecule has 1 fully saturated rings. The van der Waals surface area contributed by atoms with Gasteiger partial charge in [0.15, 0.2) is 0 Å². The van der Waals surface area contributed by atoms with E-state index in [1.807, 2.05) is 0 Å². The number of urea groups is 1. The molecule has 1 aliphatic rings. The molecule has 0 spiro atoms. The Balaban J connectivity index is 2.26. The van der Waals surface area contributed by atoms with Crippen molar-refractivity contribution in [1.82, 2.24) is 14.9 Å². The second-order valence-corrected chi connectivity index (χ2v) is 6.27. The number of carbonyl (C=O) groups excluding carboxylic acids is 1. The van der Waals surface area contributed by atoms with Crippen molar-refractivity contribution in [3.63, 3.8) is 0 Å². The Morgan fingerprint density at radius 3 is 2.63 bits per heavy atom. The van der Waals surface area contributed by atoms with Gasteiger partial charge in [0.25, 0.3) is 0 Å². The summed E-state index contributed by atoms with van der Waals surface area (Å²) < 4.78 is 23.9. The van der Waals surface area contributed by atoms with Gasteiger partial charge in [0.2, 0.25) is 10.0 Å². The van der Waals surface area contributed by atoms with E-state index in [1.165, 1.54) is 4.90 Å². The highest BCUT2D eigenvalue weighted by Crippen LogP contribution is 2.17. The minimum atomic E-state index is -3.21. The molecule has 1 heterocycles. The third-order valence-electron chi connectivity index (χ3n) is 2.79. The van der Waals surface area contributed by atoms with Crippen LogP contribution < -0.4 is 10.0 Å². The van der Waals surface area contributed by atoms with Crippen molar-refractivity contribution in [1.29, 1.82) is 0 Å². The number of aliphatic carboxylic acids is 1. The molecule has 0 radical (unpaired) electrons. The van der Waals surface area contributed by atoms with Crippen LogP contribution in [0.5, 0.6) is 0 Å². The summed E-state index contributed by atoms with van der Waals surface area (Å²) in [6.45, 7) is 0.968. The molecule has 1 aliphatic heterocycles. The summed E-state index contributed by atoms with van der Waals surface area (Å²) in [7, 11) is -3.21. The van der Waals surface area contributed by atoms with E-state index < -0.39 is 28.1 Å². The van der Waals surface area contributed by atoms with Crippen molar-refractivity contribution in [3.8, 4) is 0 Å². The Morgan fingerprint density at radius 1 is 1.37 bits per heavy atom. The summed E-state index contributed by atoms with van der Waals surface area (Å²) in [6.07, 6.45) is 2.66. The van der Waals surface area contributed by atoms with E-state index >= 15 is 0 Å². The Hall–Kier alpha value is -1.35. The molecule has 8 nitrogen and oxygen atoms in total. The van der Waals surface area contributed by atoms with Gasteiger partial charge in [-0.1, -0.05) is 0 Å². The first kappa shape index (κ1) is 15.7. The molecule has 1 rings (SSSR count). The molecule has 0 aliphatic carbocycles. The Bertz CT molecular complexity index is 436. The highest BCUT2D eigenvalue weighted by Gasteiger charge is 2.33. The summed E-state index contributed by atoms with van der Waals surface area (Å²) in [5.41, 5.74) is 0. The van der Waals surface area contributed by atoms with Crippen molar-refractivity contribution >= 4 is 22.0 Å². The van der Waals surface area contributed by atoms with Crippen LogP contribution in [0.25, 0.3) is 0 Å². The lowest BCUT2D eigenvalue weighted by molar-refractivity contribution is -0.141. The minimum Gasteiger partial charge on any atom is -0.480 e. The molecule has 0 bridgehead atoms. The number of nitrogens with zero attached hydrogens (tertiary/aromatic N) is 1. The van der Waals surface area contributed by atoms with Crippen LogP contribution in [-0.4, -0.2) is 62.4 Å². The molecule has 0 aromatic rings. The van der Waals surface area contributed by atoms with Gasteiger partial charge in [0.05, 0.1) is 6.26 Å². The molecule has 9 heteroatoms. The number of hydrogen-bond acceptors (Lipinski definition) is 4. The van der Waals surface area contributed by atoms with Crippen LogP contribution >= 0.6 is 0 Å². The van der Waals surface area contributed by atoms with Gasteiger partial charge in [0, 0.05) is 19.6 Å². The van der Waals surface area contributed by atoms with Crippen molar-refractivity contribution < 1.29 is 23.1 Å². The van der Waals surface area contributed by atoms with E-state index in [0.717, 1.165) is 6.26 Å². The molecule has 0 unspecified atom stereocenters. The predicted molar refractivity (Wildman–Crippen MR) is 68.2 cm³/mol. The van der Waals surface area contributed by atoms with Crippen LogP contribution in [0.3, 0.4) is 0 Å². The maximum Gasteiger partial charge on any atom is 0.326 e. The SMILES string of the molecule is CS(=O)(=O)NCCCNC(=O)N1CCC[C@H]1C(=O)O. The summed E-state index contributed by atoms with van der Waals surface area (Å²) in [5.74, 6) is -0.994. The highest BCUT2D eigenvalue weighted by molar-refractivity contribution is 7.88. The quantitative estimate of drug-likeness (QED) is 0.554. The zero-order valence-corrected chi connectivity index (χ0v) is 11.6. The molecular formula is C10H19N3O5S. The Morgan fingerprint density at radius 2 is 2.05 bits per heavy atom. The summed E-state index contributed by atoms with van der Waals surface area (Å²) in [4.78, 5) is 23.9. The van der Waals surface area contributed by atoms with Crippen LogP contribution in [0.4, 0.5) is 4.79 Å². The van der Waals surface area contributed by atoms with Crippen LogP contribution in [0.2, 0.25) is 0 Å². The van der Waals surface area contributed by atoms with Crippen LogP contribution in [0.15, 0.2) is 0 Å². The van der Waals surface area contributed by atoms with Gasteiger partial charge in [-0.05, 0) is 19.3 Å². The topological polar surface area (TPSA) is 116 Å². The van der Waals surface area contributed by atoms with E-state index in [9.17, 15) is 18.0 Å². The van der Waals surface area contributed by atoms with Crippen LogP contribution in [0.1, 0.15) is 19.3 Å². The molecule has 0 aromatic carbocycles. The fourth-order valence-corrected chi connectivity index (χ4v) is 2.42. The van der Waals surface area contributed by atoms with E-state index in [-0.39, 0.29) is 6.54 Å². The first-order chi connectivity index (χ1) is 8.81. The van der Waals surface area contributed by atoms with Crippen LogP contribution in [0, 0.1) is 0 Å². The van der Waals surface area contributed by atoms with E-state index in [0.29, 0.717) is 32.4 Å². The monoisotopic (exact) mass is 293 g/mol. The standard InChI is InChI=1S/C10H19N3O5S/c1-19(17,18)12-6-3-5-11-10(16)13-7-2-4-8(13)9(14)15/h8,12H,2-7H2,1H3,(H,11,16)(H,14,15)/t8-/m0/s1. The largest absolute Gasteiger partial charge is 0.480 e. The second-order valence-electron chi connectivity index (χ2n) is 4.44. The lowest BCUT2D eigenvalue weighted by atomic mass is 10.2. The first-order valence-electron chi connectivity index (χ1n) is 6.03. The Labute approximate surface area is 112 Å². The second kappa shape index (κ2) is 6.71. The molecule has 110 valence electrons. The maximum absolute atomic E-state index is 11.7. The predicted octanol–water partition coefficient (Wildman–Crippen LogP) is -0.816. The summed E-state index contributed by atoms with van der Waals surface area (Å²) in [5, 5.41) is 11.5. The van der Waals surface area contributed by atoms with Gasteiger partial charge < -0.3 is 15.3 Å². The van der Waals surface area contributed by atoms with Crippen molar-refractivity contribution in [2.24, 2.45) is 0 Å². The number of amides is 2. The first-order valence-corrected chi connectivity index (χ1v) is 7.92. The number of rotatable bonds is 6. The number of carboxylic acids is 1. The maximum atomic E-state index is 11.7. The number of nitrogens with one attached hydrogen (secondary N) is 2. The average molecular weight is 293 g/mol.